The molecule has 0 aromatic carbocycles. The fourth-order valence-electron chi connectivity index (χ4n) is 2.54. The Morgan fingerprint density at radius 3 is 3.14 bits per heavy atom. The van der Waals surface area contributed by atoms with E-state index in [2.05, 4.69) is 20.2 Å². The number of carbonyl (C=O) groups is 1. The van der Waals surface area contributed by atoms with E-state index in [0.717, 1.165) is 32.7 Å². The summed E-state index contributed by atoms with van der Waals surface area (Å²) in [6, 6.07) is 0. The van der Waals surface area contributed by atoms with Crippen LogP contribution in [0.5, 0.6) is 0 Å². The lowest BCUT2D eigenvalue weighted by molar-refractivity contribution is 0.0945. The lowest BCUT2D eigenvalue weighted by Crippen LogP contribution is -2.32. The zero-order valence-electron chi connectivity index (χ0n) is 12.6. The van der Waals surface area contributed by atoms with Gasteiger partial charge in [0.25, 0.3) is 5.91 Å². The van der Waals surface area contributed by atoms with Crippen LogP contribution < -0.4 is 11.1 Å². The second-order valence-electron chi connectivity index (χ2n) is 5.39. The van der Waals surface area contributed by atoms with Crippen molar-refractivity contribution in [1.82, 2.24) is 20.2 Å². The van der Waals surface area contributed by atoms with Crippen LogP contribution in [0.3, 0.4) is 0 Å². The smallest absolute Gasteiger partial charge is 0.254 e. The first-order chi connectivity index (χ1) is 10.1. The molecule has 116 valence electrons. The van der Waals surface area contributed by atoms with Gasteiger partial charge in [-0.3, -0.25) is 4.79 Å². The lowest BCUT2D eigenvalue weighted by Gasteiger charge is -2.15. The highest BCUT2D eigenvalue weighted by atomic mass is 16.5. The number of aromatic nitrogens is 2. The van der Waals surface area contributed by atoms with Gasteiger partial charge < -0.3 is 20.7 Å². The standard InChI is InChI=1S/C14H23N5O2/c1-10-12(8-17-14(15)18-10)13(20)16-7-11-3-4-19(9-11)5-6-21-2/h8,11H,3-7,9H2,1-2H3,(H,16,20)(H2,15,17,18)/t11-/m1/s1. The number of ether oxygens (including phenoxy) is 1. The van der Waals surface area contributed by atoms with Crippen molar-refractivity contribution in [2.45, 2.75) is 13.3 Å². The summed E-state index contributed by atoms with van der Waals surface area (Å²) in [5, 5.41) is 2.96. The predicted molar refractivity (Wildman–Crippen MR) is 79.9 cm³/mol. The van der Waals surface area contributed by atoms with E-state index in [1.807, 2.05) is 0 Å². The number of nitrogens with one attached hydrogen (secondary N) is 1. The number of amides is 1. The Kier molecular flexibility index (Phi) is 5.46. The molecule has 1 aliphatic heterocycles. The van der Waals surface area contributed by atoms with Gasteiger partial charge in [-0.25, -0.2) is 9.97 Å². The van der Waals surface area contributed by atoms with E-state index in [4.69, 9.17) is 10.5 Å². The number of nitrogen functional groups attached to an aromatic ring is 1. The molecule has 0 bridgehead atoms. The van der Waals surface area contributed by atoms with Gasteiger partial charge in [0.1, 0.15) is 0 Å². The van der Waals surface area contributed by atoms with E-state index in [9.17, 15) is 4.79 Å². The lowest BCUT2D eigenvalue weighted by atomic mass is 10.1. The molecule has 2 rings (SSSR count). The molecule has 3 N–H and O–H groups in total. The van der Waals surface area contributed by atoms with E-state index >= 15 is 0 Å². The Hall–Kier alpha value is -1.73. The Bertz CT molecular complexity index is 494. The van der Waals surface area contributed by atoms with Gasteiger partial charge in [0, 0.05) is 32.9 Å². The van der Waals surface area contributed by atoms with Crippen molar-refractivity contribution in [1.29, 1.82) is 0 Å². The number of rotatable bonds is 6. The monoisotopic (exact) mass is 293 g/mol. The molecule has 1 aliphatic rings. The third kappa shape index (κ3) is 4.37. The molecule has 7 nitrogen and oxygen atoms in total. The minimum absolute atomic E-state index is 0.136. The van der Waals surface area contributed by atoms with Crippen LogP contribution in [-0.2, 0) is 4.74 Å². The Morgan fingerprint density at radius 2 is 2.43 bits per heavy atom. The van der Waals surface area contributed by atoms with Crippen LogP contribution in [-0.4, -0.2) is 60.7 Å². The topological polar surface area (TPSA) is 93.4 Å². The average molecular weight is 293 g/mol. The average Bonchev–Trinajstić information content (AvgIpc) is 2.90. The summed E-state index contributed by atoms with van der Waals surface area (Å²) in [7, 11) is 1.71. The molecule has 2 heterocycles. The highest BCUT2D eigenvalue weighted by molar-refractivity contribution is 5.94. The summed E-state index contributed by atoms with van der Waals surface area (Å²) in [4.78, 5) is 22.4. The summed E-state index contributed by atoms with van der Waals surface area (Å²) in [6.45, 7) is 6.20. The molecular formula is C14H23N5O2. The Balaban J connectivity index is 1.79. The molecule has 1 atom stereocenters. The van der Waals surface area contributed by atoms with Gasteiger partial charge in [-0.05, 0) is 25.8 Å². The van der Waals surface area contributed by atoms with Gasteiger partial charge in [-0.15, -0.1) is 0 Å². The van der Waals surface area contributed by atoms with Gasteiger partial charge in [-0.1, -0.05) is 0 Å². The number of nitrogens with two attached hydrogens (primary N) is 1. The minimum atomic E-state index is -0.136. The molecule has 1 fully saturated rings. The number of hydrogen-bond acceptors (Lipinski definition) is 6. The van der Waals surface area contributed by atoms with E-state index in [0.29, 0.717) is 23.7 Å². The van der Waals surface area contributed by atoms with Crippen LogP contribution in [0.15, 0.2) is 6.20 Å². The first-order valence-electron chi connectivity index (χ1n) is 7.18. The van der Waals surface area contributed by atoms with Crippen LogP contribution >= 0.6 is 0 Å². The number of aryl methyl sites for hydroxylation is 1. The number of nitrogens with zero attached hydrogens (tertiary/aromatic N) is 3. The summed E-state index contributed by atoms with van der Waals surface area (Å²) < 4.78 is 5.08. The molecule has 0 spiro atoms. The van der Waals surface area contributed by atoms with E-state index in [-0.39, 0.29) is 11.9 Å². The van der Waals surface area contributed by atoms with Crippen molar-refractivity contribution in [3.8, 4) is 0 Å². The molecule has 1 amide bonds. The van der Waals surface area contributed by atoms with Gasteiger partial charge in [0.15, 0.2) is 0 Å². The Morgan fingerprint density at radius 1 is 1.62 bits per heavy atom. The third-order valence-corrected chi connectivity index (χ3v) is 3.78. The molecule has 1 aromatic rings. The molecule has 0 unspecified atom stereocenters. The predicted octanol–water partition coefficient (Wildman–Crippen LogP) is 0.0653. The van der Waals surface area contributed by atoms with Crippen molar-refractivity contribution in [2.24, 2.45) is 5.92 Å². The number of hydrogen-bond donors (Lipinski definition) is 2. The maximum atomic E-state index is 12.1. The number of methoxy groups -OCH3 is 1. The van der Waals surface area contributed by atoms with Crippen LogP contribution in [0.25, 0.3) is 0 Å². The summed E-state index contributed by atoms with van der Waals surface area (Å²) in [5.74, 6) is 0.539. The molecule has 0 radical (unpaired) electrons. The molecular weight excluding hydrogens is 270 g/mol. The highest BCUT2D eigenvalue weighted by Crippen LogP contribution is 2.15. The first kappa shape index (κ1) is 15.7. The maximum absolute atomic E-state index is 12.1. The maximum Gasteiger partial charge on any atom is 0.254 e. The fourth-order valence-corrected chi connectivity index (χ4v) is 2.54. The molecule has 0 saturated carbocycles. The van der Waals surface area contributed by atoms with Crippen molar-refractivity contribution >= 4 is 11.9 Å². The van der Waals surface area contributed by atoms with Gasteiger partial charge >= 0.3 is 0 Å². The van der Waals surface area contributed by atoms with Crippen molar-refractivity contribution in [2.75, 3.05) is 45.6 Å². The summed E-state index contributed by atoms with van der Waals surface area (Å²) in [5.41, 5.74) is 6.58. The van der Waals surface area contributed by atoms with E-state index < -0.39 is 0 Å². The Labute approximate surface area is 124 Å². The number of likely N-dealkylation sites (tertiary alicyclic amines) is 1. The number of carbonyl (C=O) groups excluding carboxylic acids is 1. The van der Waals surface area contributed by atoms with E-state index in [1.54, 1.807) is 14.0 Å². The van der Waals surface area contributed by atoms with Crippen molar-refractivity contribution in [3.63, 3.8) is 0 Å². The zero-order chi connectivity index (χ0) is 15.2. The van der Waals surface area contributed by atoms with Crippen LogP contribution in [0.4, 0.5) is 5.95 Å². The largest absolute Gasteiger partial charge is 0.383 e. The van der Waals surface area contributed by atoms with Crippen LogP contribution in [0.1, 0.15) is 22.5 Å². The second-order valence-corrected chi connectivity index (χ2v) is 5.39. The van der Waals surface area contributed by atoms with Crippen molar-refractivity contribution in [3.05, 3.63) is 17.5 Å². The molecule has 1 saturated heterocycles. The molecule has 0 aliphatic carbocycles. The third-order valence-electron chi connectivity index (χ3n) is 3.78. The minimum Gasteiger partial charge on any atom is -0.383 e. The van der Waals surface area contributed by atoms with Gasteiger partial charge in [-0.2, -0.15) is 0 Å². The highest BCUT2D eigenvalue weighted by Gasteiger charge is 2.22. The van der Waals surface area contributed by atoms with Crippen LogP contribution in [0.2, 0.25) is 0 Å². The molecule has 1 aromatic heterocycles. The second kappa shape index (κ2) is 7.33. The van der Waals surface area contributed by atoms with Gasteiger partial charge in [0.05, 0.1) is 17.9 Å². The normalized spacial score (nSPS) is 18.9. The van der Waals surface area contributed by atoms with Crippen molar-refractivity contribution < 1.29 is 9.53 Å². The van der Waals surface area contributed by atoms with Crippen LogP contribution in [0, 0.1) is 12.8 Å². The summed E-state index contributed by atoms with van der Waals surface area (Å²) in [6.07, 6.45) is 2.58. The zero-order valence-corrected chi connectivity index (χ0v) is 12.6. The first-order valence-corrected chi connectivity index (χ1v) is 7.18. The summed E-state index contributed by atoms with van der Waals surface area (Å²) >= 11 is 0. The van der Waals surface area contributed by atoms with Gasteiger partial charge in [0.2, 0.25) is 5.95 Å². The SMILES string of the molecule is COCCN1CC[C@H](CNC(=O)c2cnc(N)nc2C)C1. The van der Waals surface area contributed by atoms with E-state index in [1.165, 1.54) is 6.20 Å². The quantitative estimate of drug-likeness (QED) is 0.770. The molecule has 7 heteroatoms. The number of anilines is 1. The molecule has 21 heavy (non-hydrogen) atoms. The fraction of sp³-hybridized carbons (Fsp3) is 0.643.